The molecule has 0 aliphatic heterocycles. The third-order valence-corrected chi connectivity index (χ3v) is 8.62. The summed E-state index contributed by atoms with van der Waals surface area (Å²) < 4.78 is 10.8. The summed E-state index contributed by atoms with van der Waals surface area (Å²) in [7, 11) is 3.09. The van der Waals surface area contributed by atoms with Crippen LogP contribution < -0.4 is 25.4 Å². The molecular weight excluding hydrogens is 623 g/mol. The van der Waals surface area contributed by atoms with Crippen LogP contribution in [0, 0.1) is 6.92 Å². The van der Waals surface area contributed by atoms with Crippen LogP contribution >= 0.6 is 11.8 Å². The number of hydrogen-bond donors (Lipinski definition) is 3. The van der Waals surface area contributed by atoms with Crippen molar-refractivity contribution in [2.24, 2.45) is 0 Å². The van der Waals surface area contributed by atoms with E-state index in [1.165, 1.54) is 18.9 Å². The zero-order valence-electron chi connectivity index (χ0n) is 26.7. The van der Waals surface area contributed by atoms with Crippen molar-refractivity contribution < 1.29 is 23.9 Å². The van der Waals surface area contributed by atoms with Crippen LogP contribution in [0.1, 0.15) is 32.3 Å². The van der Waals surface area contributed by atoms with Gasteiger partial charge in [-0.2, -0.15) is 0 Å². The second kappa shape index (κ2) is 16.2. The molecule has 242 valence electrons. The first kappa shape index (κ1) is 33.6. The standard InChI is InChI=1S/C39H35N3O5S/c1-26-13-10-11-18-29(26)23-34(42-37(43)28-16-8-5-9-17-28)38(44)40-30-19-12-20-32(24-30)48-36(27-14-6-4-7-15-27)39(45)41-33-22-21-31(46-2)25-35(33)47-3/h4-25,36H,1-3H3,(H,40,44)(H,41,45)(H,42,43)/b34-23-. The van der Waals surface area contributed by atoms with Crippen LogP contribution in [0.2, 0.25) is 0 Å². The smallest absolute Gasteiger partial charge is 0.272 e. The van der Waals surface area contributed by atoms with E-state index in [0.717, 1.165) is 21.6 Å². The van der Waals surface area contributed by atoms with E-state index >= 15 is 0 Å². The molecular formula is C39H35N3O5S. The van der Waals surface area contributed by atoms with Crippen LogP contribution in [0.3, 0.4) is 0 Å². The van der Waals surface area contributed by atoms with Crippen molar-refractivity contribution in [2.75, 3.05) is 24.9 Å². The predicted molar refractivity (Wildman–Crippen MR) is 191 cm³/mol. The maximum Gasteiger partial charge on any atom is 0.272 e. The molecule has 0 radical (unpaired) electrons. The Kier molecular flexibility index (Phi) is 11.3. The molecule has 1 unspecified atom stereocenters. The third kappa shape index (κ3) is 8.71. The fourth-order valence-electron chi connectivity index (χ4n) is 4.83. The van der Waals surface area contributed by atoms with Gasteiger partial charge in [-0.25, -0.2) is 0 Å². The summed E-state index contributed by atoms with van der Waals surface area (Å²) in [5, 5.41) is 8.07. The average Bonchev–Trinajstić information content (AvgIpc) is 3.12. The fraction of sp³-hybridized carbons (Fsp3) is 0.103. The second-order valence-corrected chi connectivity index (χ2v) is 11.9. The van der Waals surface area contributed by atoms with Gasteiger partial charge < -0.3 is 25.4 Å². The van der Waals surface area contributed by atoms with Gasteiger partial charge in [-0.15, -0.1) is 11.8 Å². The SMILES string of the molecule is COc1ccc(NC(=O)C(Sc2cccc(NC(=O)/C(=C/c3ccccc3C)NC(=O)c3ccccc3)c2)c2ccccc2)c(OC)c1. The highest BCUT2D eigenvalue weighted by Crippen LogP contribution is 2.38. The molecule has 5 rings (SSSR count). The average molecular weight is 658 g/mol. The minimum absolute atomic E-state index is 0.0891. The molecule has 0 spiro atoms. The molecule has 0 heterocycles. The maximum absolute atomic E-state index is 13.8. The summed E-state index contributed by atoms with van der Waals surface area (Å²) in [4.78, 5) is 41.3. The summed E-state index contributed by atoms with van der Waals surface area (Å²) in [6, 6.07) is 38.2. The van der Waals surface area contributed by atoms with Gasteiger partial charge >= 0.3 is 0 Å². The Labute approximate surface area is 284 Å². The minimum Gasteiger partial charge on any atom is -0.497 e. The lowest BCUT2D eigenvalue weighted by molar-refractivity contribution is -0.116. The molecule has 9 heteroatoms. The number of benzene rings is 5. The first-order valence-electron chi connectivity index (χ1n) is 15.1. The highest BCUT2D eigenvalue weighted by molar-refractivity contribution is 8.00. The van der Waals surface area contributed by atoms with Gasteiger partial charge in [-0.3, -0.25) is 14.4 Å². The van der Waals surface area contributed by atoms with Crippen molar-refractivity contribution in [2.45, 2.75) is 17.1 Å². The number of amides is 3. The highest BCUT2D eigenvalue weighted by Gasteiger charge is 2.24. The number of carbonyl (C=O) groups excluding carboxylic acids is 3. The van der Waals surface area contributed by atoms with E-state index in [2.05, 4.69) is 16.0 Å². The largest absolute Gasteiger partial charge is 0.497 e. The molecule has 1 atom stereocenters. The monoisotopic (exact) mass is 657 g/mol. The molecule has 0 saturated carbocycles. The Bertz CT molecular complexity index is 1930. The minimum atomic E-state index is -0.634. The molecule has 0 aromatic heterocycles. The van der Waals surface area contributed by atoms with E-state index in [1.807, 2.05) is 73.7 Å². The Morgan fingerprint density at radius 1 is 0.729 bits per heavy atom. The Morgan fingerprint density at radius 3 is 2.15 bits per heavy atom. The maximum atomic E-state index is 13.8. The molecule has 3 amide bonds. The number of carbonyl (C=O) groups is 3. The summed E-state index contributed by atoms with van der Waals surface area (Å²) in [6.45, 7) is 1.94. The molecule has 5 aromatic rings. The van der Waals surface area contributed by atoms with Gasteiger partial charge in [-0.1, -0.05) is 78.9 Å². The van der Waals surface area contributed by atoms with Crippen LogP contribution in [-0.4, -0.2) is 31.9 Å². The highest BCUT2D eigenvalue weighted by atomic mass is 32.2. The van der Waals surface area contributed by atoms with E-state index in [4.69, 9.17) is 9.47 Å². The van der Waals surface area contributed by atoms with Gasteiger partial charge in [0.15, 0.2) is 0 Å². The Morgan fingerprint density at radius 2 is 1.44 bits per heavy atom. The van der Waals surface area contributed by atoms with Crippen LogP contribution in [0.15, 0.2) is 138 Å². The molecule has 0 aliphatic rings. The predicted octanol–water partition coefficient (Wildman–Crippen LogP) is 7.89. The Balaban J connectivity index is 1.39. The third-order valence-electron chi connectivity index (χ3n) is 7.37. The number of hydrogen-bond acceptors (Lipinski definition) is 6. The van der Waals surface area contributed by atoms with E-state index in [-0.39, 0.29) is 11.6 Å². The zero-order valence-corrected chi connectivity index (χ0v) is 27.5. The molecule has 0 saturated heterocycles. The van der Waals surface area contributed by atoms with Crippen molar-refractivity contribution in [1.82, 2.24) is 5.32 Å². The van der Waals surface area contributed by atoms with E-state index in [9.17, 15) is 14.4 Å². The van der Waals surface area contributed by atoms with Crippen molar-refractivity contribution >= 4 is 46.9 Å². The lowest BCUT2D eigenvalue weighted by Gasteiger charge is -2.19. The molecule has 0 fully saturated rings. The number of nitrogens with one attached hydrogen (secondary N) is 3. The number of aryl methyl sites for hydroxylation is 1. The number of thioether (sulfide) groups is 1. The lowest BCUT2D eigenvalue weighted by Crippen LogP contribution is -2.30. The van der Waals surface area contributed by atoms with Crippen LogP contribution in [0.5, 0.6) is 11.5 Å². The quantitative estimate of drug-likeness (QED) is 0.0931. The van der Waals surface area contributed by atoms with Crippen molar-refractivity contribution in [1.29, 1.82) is 0 Å². The van der Waals surface area contributed by atoms with Crippen LogP contribution in [-0.2, 0) is 9.59 Å². The van der Waals surface area contributed by atoms with Crippen LogP contribution in [0.4, 0.5) is 11.4 Å². The Hall–Kier alpha value is -5.80. The summed E-state index contributed by atoms with van der Waals surface area (Å²) in [5.41, 5.74) is 4.07. The summed E-state index contributed by atoms with van der Waals surface area (Å²) in [5.74, 6) is -0.0720. The van der Waals surface area contributed by atoms with Gasteiger partial charge in [-0.05, 0) is 72.2 Å². The van der Waals surface area contributed by atoms with Gasteiger partial charge in [0.2, 0.25) is 5.91 Å². The molecule has 0 bridgehead atoms. The van der Waals surface area contributed by atoms with E-state index < -0.39 is 17.1 Å². The fourth-order valence-corrected chi connectivity index (χ4v) is 5.91. The van der Waals surface area contributed by atoms with Crippen molar-refractivity contribution in [3.63, 3.8) is 0 Å². The van der Waals surface area contributed by atoms with Crippen molar-refractivity contribution in [3.8, 4) is 11.5 Å². The number of methoxy groups -OCH3 is 2. The van der Waals surface area contributed by atoms with E-state index in [0.29, 0.717) is 28.4 Å². The van der Waals surface area contributed by atoms with Gasteiger partial charge in [0.25, 0.3) is 11.8 Å². The molecule has 8 nitrogen and oxygen atoms in total. The van der Waals surface area contributed by atoms with Crippen molar-refractivity contribution in [3.05, 3.63) is 155 Å². The number of anilines is 2. The lowest BCUT2D eigenvalue weighted by atomic mass is 10.1. The summed E-state index contributed by atoms with van der Waals surface area (Å²) in [6.07, 6.45) is 1.66. The van der Waals surface area contributed by atoms with Crippen LogP contribution in [0.25, 0.3) is 6.08 Å². The normalized spacial score (nSPS) is 11.6. The topological polar surface area (TPSA) is 106 Å². The number of ether oxygens (including phenoxy) is 2. The zero-order chi connectivity index (χ0) is 33.9. The molecule has 5 aromatic carbocycles. The second-order valence-electron chi connectivity index (χ2n) is 10.7. The molecule has 3 N–H and O–H groups in total. The van der Waals surface area contributed by atoms with Gasteiger partial charge in [0.05, 0.1) is 19.9 Å². The van der Waals surface area contributed by atoms with Gasteiger partial charge in [0.1, 0.15) is 22.4 Å². The molecule has 0 aliphatic carbocycles. The summed E-state index contributed by atoms with van der Waals surface area (Å²) >= 11 is 1.34. The first-order chi connectivity index (χ1) is 23.3. The first-order valence-corrected chi connectivity index (χ1v) is 16.0. The van der Waals surface area contributed by atoms with Gasteiger partial charge in [0, 0.05) is 22.2 Å². The number of rotatable bonds is 12. The van der Waals surface area contributed by atoms with E-state index in [1.54, 1.807) is 73.8 Å². The molecule has 48 heavy (non-hydrogen) atoms.